The quantitative estimate of drug-likeness (QED) is 0.803. The summed E-state index contributed by atoms with van der Waals surface area (Å²) in [5, 5.41) is 6.12. The number of aromatic nitrogens is 1. The normalized spacial score (nSPS) is 20.6. The van der Waals surface area contributed by atoms with Crippen LogP contribution < -0.4 is 10.3 Å². The number of hydrogen-bond donors (Lipinski definition) is 1. The van der Waals surface area contributed by atoms with Gasteiger partial charge in [-0.25, -0.2) is 0 Å². The Hall–Kier alpha value is -1.94. The van der Waals surface area contributed by atoms with E-state index >= 15 is 0 Å². The van der Waals surface area contributed by atoms with Crippen LogP contribution in [0.15, 0.2) is 42.6 Å². The van der Waals surface area contributed by atoms with Crippen molar-refractivity contribution in [2.75, 3.05) is 37.5 Å². The number of rotatable bonds is 0. The van der Waals surface area contributed by atoms with Crippen LogP contribution in [0.4, 0.5) is 11.4 Å². The second kappa shape index (κ2) is 4.53. The van der Waals surface area contributed by atoms with Crippen LogP contribution in [0.1, 0.15) is 18.5 Å². The lowest BCUT2D eigenvalue weighted by Gasteiger charge is -2.41. The van der Waals surface area contributed by atoms with Crippen LogP contribution in [-0.4, -0.2) is 36.8 Å². The van der Waals surface area contributed by atoms with Gasteiger partial charge >= 0.3 is 0 Å². The van der Waals surface area contributed by atoms with Crippen LogP contribution in [0.25, 0.3) is 0 Å². The summed E-state index contributed by atoms with van der Waals surface area (Å²) in [7, 11) is 4.35. The lowest BCUT2D eigenvalue weighted by Crippen LogP contribution is -2.47. The van der Waals surface area contributed by atoms with Crippen molar-refractivity contribution >= 4 is 11.4 Å². The van der Waals surface area contributed by atoms with E-state index in [9.17, 15) is 0 Å². The number of fused-ring (bicyclic) bond motifs is 3. The van der Waals surface area contributed by atoms with Gasteiger partial charge in [0.1, 0.15) is 0 Å². The van der Waals surface area contributed by atoms with Gasteiger partial charge in [0.05, 0.1) is 22.6 Å². The Bertz CT molecular complexity index is 652. The second-order valence-electron chi connectivity index (χ2n) is 6.29. The largest absolute Gasteiger partial charge is 0.372 e. The molecule has 0 aliphatic carbocycles. The molecule has 1 aromatic heterocycles. The number of para-hydroxylation sites is 2. The molecular formula is C17H22N4. The average Bonchev–Trinajstić information content (AvgIpc) is 2.97. The van der Waals surface area contributed by atoms with Gasteiger partial charge in [-0.05, 0) is 44.2 Å². The smallest absolute Gasteiger partial charge is 0.0820 e. The fraction of sp³-hybridized carbons (Fsp3) is 0.412. The van der Waals surface area contributed by atoms with Gasteiger partial charge in [0, 0.05) is 26.3 Å². The Morgan fingerprint density at radius 2 is 1.76 bits per heavy atom. The molecule has 1 aromatic carbocycles. The van der Waals surface area contributed by atoms with Gasteiger partial charge in [0.2, 0.25) is 0 Å². The second-order valence-corrected chi connectivity index (χ2v) is 6.29. The summed E-state index contributed by atoms with van der Waals surface area (Å²) in [4.78, 5) is 2.42. The highest BCUT2D eigenvalue weighted by Crippen LogP contribution is 2.42. The summed E-state index contributed by atoms with van der Waals surface area (Å²) in [6.45, 7) is 2.26. The van der Waals surface area contributed by atoms with Gasteiger partial charge in [0.25, 0.3) is 0 Å². The topological polar surface area (TPSA) is 23.4 Å². The zero-order valence-electron chi connectivity index (χ0n) is 12.7. The van der Waals surface area contributed by atoms with E-state index in [1.54, 1.807) is 0 Å². The molecule has 4 heteroatoms. The maximum absolute atomic E-state index is 3.88. The van der Waals surface area contributed by atoms with E-state index in [-0.39, 0.29) is 5.54 Å². The van der Waals surface area contributed by atoms with Gasteiger partial charge in [-0.15, -0.1) is 0 Å². The summed E-state index contributed by atoms with van der Waals surface area (Å²) >= 11 is 0. The highest BCUT2D eigenvalue weighted by molar-refractivity contribution is 5.72. The molecule has 1 fully saturated rings. The fourth-order valence-electron chi connectivity index (χ4n) is 3.69. The molecule has 0 unspecified atom stereocenters. The molecule has 4 nitrogen and oxygen atoms in total. The molecule has 110 valence electrons. The number of hydrogen-bond acceptors (Lipinski definition) is 3. The van der Waals surface area contributed by atoms with Gasteiger partial charge < -0.3 is 10.2 Å². The SMILES string of the molecule is CN1CCC2(CC1)Nc1ccccc1N(C)n1cccc12. The number of nitrogens with one attached hydrogen (secondary N) is 1. The van der Waals surface area contributed by atoms with Gasteiger partial charge in [-0.1, -0.05) is 12.1 Å². The van der Waals surface area contributed by atoms with Gasteiger partial charge in [0.15, 0.2) is 0 Å². The van der Waals surface area contributed by atoms with Crippen molar-refractivity contribution in [3.05, 3.63) is 48.3 Å². The Kier molecular flexibility index (Phi) is 2.76. The van der Waals surface area contributed by atoms with E-state index in [2.05, 4.69) is 76.6 Å². The molecule has 1 N–H and O–H groups in total. The van der Waals surface area contributed by atoms with Crippen molar-refractivity contribution in [2.24, 2.45) is 0 Å². The number of piperidine rings is 1. The minimum absolute atomic E-state index is 0.0386. The Morgan fingerprint density at radius 1 is 1.00 bits per heavy atom. The van der Waals surface area contributed by atoms with E-state index in [1.807, 2.05) is 0 Å². The van der Waals surface area contributed by atoms with Crippen molar-refractivity contribution < 1.29 is 0 Å². The molecule has 2 aromatic rings. The fourth-order valence-corrected chi connectivity index (χ4v) is 3.69. The zero-order valence-corrected chi connectivity index (χ0v) is 12.7. The molecule has 0 amide bonds. The van der Waals surface area contributed by atoms with Gasteiger partial charge in [-0.2, -0.15) is 0 Å². The summed E-state index contributed by atoms with van der Waals surface area (Å²) in [5.41, 5.74) is 3.87. The van der Waals surface area contributed by atoms with Crippen molar-refractivity contribution in [2.45, 2.75) is 18.4 Å². The van der Waals surface area contributed by atoms with Crippen LogP contribution in [-0.2, 0) is 5.54 Å². The molecule has 21 heavy (non-hydrogen) atoms. The van der Waals surface area contributed by atoms with Gasteiger partial charge in [-0.3, -0.25) is 9.69 Å². The number of benzene rings is 1. The van der Waals surface area contributed by atoms with E-state index in [0.717, 1.165) is 25.9 Å². The summed E-state index contributed by atoms with van der Waals surface area (Å²) < 4.78 is 2.30. The molecule has 1 saturated heterocycles. The lowest BCUT2D eigenvalue weighted by atomic mass is 9.84. The third-order valence-electron chi connectivity index (χ3n) is 5.01. The summed E-state index contributed by atoms with van der Waals surface area (Å²) in [6.07, 6.45) is 4.44. The average molecular weight is 282 g/mol. The predicted molar refractivity (Wildman–Crippen MR) is 86.7 cm³/mol. The third-order valence-corrected chi connectivity index (χ3v) is 5.01. The Labute approximate surface area is 125 Å². The van der Waals surface area contributed by atoms with Crippen molar-refractivity contribution in [3.8, 4) is 0 Å². The molecular weight excluding hydrogens is 260 g/mol. The first-order valence-corrected chi connectivity index (χ1v) is 7.67. The first-order valence-electron chi connectivity index (χ1n) is 7.67. The highest BCUT2D eigenvalue weighted by Gasteiger charge is 2.40. The van der Waals surface area contributed by atoms with E-state index in [0.29, 0.717) is 0 Å². The number of likely N-dealkylation sites (tertiary alicyclic amines) is 1. The maximum Gasteiger partial charge on any atom is 0.0820 e. The first-order chi connectivity index (χ1) is 10.2. The van der Waals surface area contributed by atoms with Crippen molar-refractivity contribution in [1.29, 1.82) is 0 Å². The summed E-state index contributed by atoms with van der Waals surface area (Å²) in [5.74, 6) is 0. The standard InChI is InChI=1S/C17H22N4/c1-19-12-9-17(10-13-19)16-8-5-11-21(16)20(2)15-7-4-3-6-14(15)18-17/h3-8,11,18H,9-10,12-13H2,1-2H3. The van der Waals surface area contributed by atoms with E-state index < -0.39 is 0 Å². The predicted octanol–water partition coefficient (Wildman–Crippen LogP) is 2.73. The number of nitrogens with zero attached hydrogens (tertiary/aromatic N) is 3. The molecule has 4 rings (SSSR count). The molecule has 3 heterocycles. The zero-order chi connectivity index (χ0) is 14.4. The van der Waals surface area contributed by atoms with Crippen LogP contribution >= 0.6 is 0 Å². The Balaban J connectivity index is 1.88. The van der Waals surface area contributed by atoms with Crippen LogP contribution in [0, 0.1) is 0 Å². The summed E-state index contributed by atoms with van der Waals surface area (Å²) in [6, 6.07) is 13.0. The highest BCUT2D eigenvalue weighted by atomic mass is 15.5. The molecule has 0 atom stereocenters. The van der Waals surface area contributed by atoms with Crippen LogP contribution in [0.5, 0.6) is 0 Å². The molecule has 1 spiro atoms. The van der Waals surface area contributed by atoms with Crippen LogP contribution in [0.2, 0.25) is 0 Å². The molecule has 0 saturated carbocycles. The lowest BCUT2D eigenvalue weighted by molar-refractivity contribution is 0.200. The molecule has 0 radical (unpaired) electrons. The van der Waals surface area contributed by atoms with E-state index in [1.165, 1.54) is 17.1 Å². The molecule has 2 aliphatic heterocycles. The van der Waals surface area contributed by atoms with Crippen molar-refractivity contribution in [3.63, 3.8) is 0 Å². The Morgan fingerprint density at radius 3 is 2.57 bits per heavy atom. The minimum atomic E-state index is 0.0386. The monoisotopic (exact) mass is 282 g/mol. The third kappa shape index (κ3) is 1.86. The molecule has 2 aliphatic rings. The van der Waals surface area contributed by atoms with E-state index in [4.69, 9.17) is 0 Å². The molecule has 0 bridgehead atoms. The number of anilines is 2. The van der Waals surface area contributed by atoms with Crippen LogP contribution in [0.3, 0.4) is 0 Å². The first kappa shape index (κ1) is 12.8. The maximum atomic E-state index is 3.88. The van der Waals surface area contributed by atoms with Crippen molar-refractivity contribution in [1.82, 2.24) is 9.58 Å². The minimum Gasteiger partial charge on any atom is -0.372 e.